The number of hydrogen-bond donors (Lipinski definition) is 0. The van der Waals surface area contributed by atoms with Crippen molar-refractivity contribution in [1.82, 2.24) is 0 Å². The molecule has 0 saturated heterocycles. The van der Waals surface area contributed by atoms with E-state index in [0.717, 1.165) is 58.0 Å². The Kier molecular flexibility index (Phi) is 7.14. The van der Waals surface area contributed by atoms with Crippen molar-refractivity contribution in [3.8, 4) is 11.1 Å². The first-order chi connectivity index (χ1) is 25.6. The zero-order valence-electron chi connectivity index (χ0n) is 29.9. The van der Waals surface area contributed by atoms with Crippen LogP contribution in [0.2, 0.25) is 0 Å². The summed E-state index contributed by atoms with van der Waals surface area (Å²) in [6.45, 7) is 6.86. The van der Waals surface area contributed by atoms with Gasteiger partial charge in [0.25, 0.3) is 6.71 Å². The van der Waals surface area contributed by atoms with Crippen LogP contribution < -0.4 is 26.2 Å². The van der Waals surface area contributed by atoms with Crippen molar-refractivity contribution in [2.75, 3.05) is 9.80 Å². The molecular weight excluding hydrogens is 631 g/mol. The first kappa shape index (κ1) is 30.8. The fourth-order valence-electron chi connectivity index (χ4n) is 8.68. The number of rotatable bonds is 6. The zero-order valence-corrected chi connectivity index (χ0v) is 29.9. The highest BCUT2D eigenvalue weighted by atomic mass is 16.3. The van der Waals surface area contributed by atoms with Crippen molar-refractivity contribution in [2.24, 2.45) is 0 Å². The monoisotopic (exact) mass is 670 g/mol. The second-order valence-electron chi connectivity index (χ2n) is 14.2. The molecule has 7 aromatic carbocycles. The molecule has 3 nitrogen and oxygen atoms in total. The lowest BCUT2D eigenvalue weighted by Gasteiger charge is -2.44. The SMILES string of the molecule is CCc1ccc(N2c3ccc(CC)cc3B3c4cc(CC)ccc4N(c4ccc(-c5cccc6c5oc5ccccc56)cc4)c4cccc2c43)cc1. The Morgan fingerprint density at radius 3 is 1.63 bits per heavy atom. The molecule has 1 aromatic heterocycles. The maximum absolute atomic E-state index is 6.43. The highest BCUT2D eigenvalue weighted by molar-refractivity contribution is 7.00. The molecule has 0 bridgehead atoms. The molecule has 10 rings (SSSR count). The zero-order chi connectivity index (χ0) is 34.9. The summed E-state index contributed by atoms with van der Waals surface area (Å²) < 4.78 is 6.43. The fourth-order valence-corrected chi connectivity index (χ4v) is 8.68. The van der Waals surface area contributed by atoms with Gasteiger partial charge in [-0.3, -0.25) is 0 Å². The fraction of sp³-hybridized carbons (Fsp3) is 0.125. The Hall–Kier alpha value is -6.00. The van der Waals surface area contributed by atoms with Crippen molar-refractivity contribution in [3.63, 3.8) is 0 Å². The molecule has 2 aliphatic heterocycles. The molecule has 0 saturated carbocycles. The third kappa shape index (κ3) is 4.60. The largest absolute Gasteiger partial charge is 0.455 e. The van der Waals surface area contributed by atoms with Crippen LogP contribution in [0.3, 0.4) is 0 Å². The lowest BCUT2D eigenvalue weighted by Crippen LogP contribution is -2.61. The van der Waals surface area contributed by atoms with Gasteiger partial charge in [0.15, 0.2) is 0 Å². The van der Waals surface area contributed by atoms with Crippen LogP contribution in [0.5, 0.6) is 0 Å². The molecule has 0 N–H and O–H groups in total. The third-order valence-corrected chi connectivity index (χ3v) is 11.4. The normalized spacial score (nSPS) is 13.0. The molecule has 0 atom stereocenters. The van der Waals surface area contributed by atoms with E-state index in [0.29, 0.717) is 0 Å². The van der Waals surface area contributed by atoms with Crippen molar-refractivity contribution >= 4 is 79.2 Å². The Labute approximate surface area is 305 Å². The van der Waals surface area contributed by atoms with Crippen LogP contribution in [0.25, 0.3) is 33.1 Å². The van der Waals surface area contributed by atoms with Gasteiger partial charge in [-0.1, -0.05) is 112 Å². The summed E-state index contributed by atoms with van der Waals surface area (Å²) in [4.78, 5) is 4.98. The van der Waals surface area contributed by atoms with Gasteiger partial charge in [0.1, 0.15) is 11.2 Å². The third-order valence-electron chi connectivity index (χ3n) is 11.4. The van der Waals surface area contributed by atoms with Crippen molar-refractivity contribution in [2.45, 2.75) is 40.0 Å². The second kappa shape index (κ2) is 12.1. The van der Waals surface area contributed by atoms with E-state index in [4.69, 9.17) is 4.42 Å². The van der Waals surface area contributed by atoms with E-state index in [2.05, 4.69) is 170 Å². The van der Waals surface area contributed by atoms with E-state index in [1.54, 1.807) is 0 Å². The topological polar surface area (TPSA) is 19.6 Å². The summed E-state index contributed by atoms with van der Waals surface area (Å²) in [5.74, 6) is 0. The first-order valence-corrected chi connectivity index (χ1v) is 18.7. The lowest BCUT2D eigenvalue weighted by atomic mass is 9.33. The molecular formula is C48H39BN2O. The van der Waals surface area contributed by atoms with E-state index in [9.17, 15) is 0 Å². The molecule has 4 heteroatoms. The lowest BCUT2D eigenvalue weighted by molar-refractivity contribution is 0.670. The van der Waals surface area contributed by atoms with Crippen LogP contribution in [0.4, 0.5) is 34.1 Å². The number of fused-ring (bicyclic) bond motifs is 7. The summed E-state index contributed by atoms with van der Waals surface area (Å²) in [5.41, 5.74) is 19.6. The summed E-state index contributed by atoms with van der Waals surface area (Å²) in [6.07, 6.45) is 3.02. The maximum Gasteiger partial charge on any atom is 0.252 e. The molecule has 52 heavy (non-hydrogen) atoms. The first-order valence-electron chi connectivity index (χ1n) is 18.7. The highest BCUT2D eigenvalue weighted by Crippen LogP contribution is 2.45. The Morgan fingerprint density at radius 1 is 0.481 bits per heavy atom. The van der Waals surface area contributed by atoms with Gasteiger partial charge < -0.3 is 14.2 Å². The van der Waals surface area contributed by atoms with E-state index in [1.807, 2.05) is 6.07 Å². The van der Waals surface area contributed by atoms with E-state index < -0.39 is 0 Å². The summed E-state index contributed by atoms with van der Waals surface area (Å²) in [7, 11) is 0. The molecule has 0 aliphatic carbocycles. The molecule has 0 unspecified atom stereocenters. The predicted octanol–water partition coefficient (Wildman–Crippen LogP) is 11.0. The molecule has 250 valence electrons. The van der Waals surface area contributed by atoms with Gasteiger partial charge in [-0.25, -0.2) is 0 Å². The average molecular weight is 671 g/mol. The van der Waals surface area contributed by atoms with Gasteiger partial charge in [-0.05, 0) is 113 Å². The Morgan fingerprint density at radius 2 is 1.02 bits per heavy atom. The highest BCUT2D eigenvalue weighted by Gasteiger charge is 2.43. The molecule has 0 radical (unpaired) electrons. The maximum atomic E-state index is 6.43. The van der Waals surface area contributed by atoms with Crippen molar-refractivity contribution in [1.29, 1.82) is 0 Å². The number of aryl methyl sites for hydroxylation is 3. The number of hydrogen-bond acceptors (Lipinski definition) is 3. The molecule has 0 amide bonds. The van der Waals surface area contributed by atoms with Crippen LogP contribution in [0.15, 0.2) is 150 Å². The molecule has 2 aliphatic rings. The van der Waals surface area contributed by atoms with E-state index in [1.165, 1.54) is 61.5 Å². The number of anilines is 6. The number of furan rings is 1. The Balaban J connectivity index is 1.17. The quantitative estimate of drug-likeness (QED) is 0.164. The van der Waals surface area contributed by atoms with Crippen LogP contribution in [-0.2, 0) is 19.3 Å². The van der Waals surface area contributed by atoms with Gasteiger partial charge in [-0.2, -0.15) is 0 Å². The standard InChI is InChI=1S/C48H39BN2O/c1-4-31-17-23-35(24-18-31)50-42-27-19-32(5-2)29-40(42)49-41-30-33(6-3)20-28-43(41)51(45-15-10-14-44(50)47(45)49)36-25-21-34(22-26-36)37-12-9-13-39-38-11-7-8-16-46(38)52-48(37)39/h7-30H,4-6H2,1-3H3. The Bertz CT molecular complexity index is 2650. The summed E-state index contributed by atoms with van der Waals surface area (Å²) in [6, 6.07) is 54.1. The molecule has 0 fully saturated rings. The second-order valence-corrected chi connectivity index (χ2v) is 14.2. The van der Waals surface area contributed by atoms with Gasteiger partial charge in [-0.15, -0.1) is 0 Å². The smallest absolute Gasteiger partial charge is 0.252 e. The van der Waals surface area contributed by atoms with E-state index >= 15 is 0 Å². The van der Waals surface area contributed by atoms with Crippen LogP contribution in [-0.4, -0.2) is 6.71 Å². The molecule has 8 aromatic rings. The van der Waals surface area contributed by atoms with Crippen molar-refractivity contribution < 1.29 is 4.42 Å². The number of para-hydroxylation sites is 2. The van der Waals surface area contributed by atoms with Gasteiger partial charge in [0.2, 0.25) is 0 Å². The predicted molar refractivity (Wildman–Crippen MR) is 221 cm³/mol. The molecule has 0 spiro atoms. The minimum absolute atomic E-state index is 0.126. The van der Waals surface area contributed by atoms with E-state index in [-0.39, 0.29) is 6.71 Å². The minimum Gasteiger partial charge on any atom is -0.455 e. The molecule has 3 heterocycles. The minimum atomic E-state index is 0.126. The number of nitrogens with zero attached hydrogens (tertiary/aromatic N) is 2. The summed E-state index contributed by atoms with van der Waals surface area (Å²) >= 11 is 0. The van der Waals surface area contributed by atoms with Crippen LogP contribution in [0, 0.1) is 0 Å². The van der Waals surface area contributed by atoms with Gasteiger partial charge in [0.05, 0.1) is 0 Å². The van der Waals surface area contributed by atoms with Crippen LogP contribution >= 0.6 is 0 Å². The average Bonchev–Trinajstić information content (AvgIpc) is 3.59. The van der Waals surface area contributed by atoms with Crippen LogP contribution in [0.1, 0.15) is 37.5 Å². The van der Waals surface area contributed by atoms with Gasteiger partial charge in [0, 0.05) is 50.5 Å². The number of benzene rings is 7. The summed E-state index contributed by atoms with van der Waals surface area (Å²) in [5, 5.41) is 2.30. The van der Waals surface area contributed by atoms with Crippen molar-refractivity contribution in [3.05, 3.63) is 162 Å². The van der Waals surface area contributed by atoms with Gasteiger partial charge >= 0.3 is 0 Å².